The summed E-state index contributed by atoms with van der Waals surface area (Å²) in [5.41, 5.74) is 3.73. The summed E-state index contributed by atoms with van der Waals surface area (Å²) >= 11 is 0. The highest BCUT2D eigenvalue weighted by molar-refractivity contribution is 5.96. The maximum absolute atomic E-state index is 12.7. The van der Waals surface area contributed by atoms with Crippen LogP contribution >= 0.6 is 0 Å². The zero-order valence-corrected chi connectivity index (χ0v) is 14.1. The average Bonchev–Trinajstić information content (AvgIpc) is 3.20. The topological polar surface area (TPSA) is 75.4 Å². The Balaban J connectivity index is 1.44. The number of rotatable bonds is 2. The Morgan fingerprint density at radius 2 is 1.92 bits per heavy atom. The smallest absolute Gasteiger partial charge is 0.259 e. The Morgan fingerprint density at radius 3 is 2.62 bits per heavy atom. The molecular formula is C17H21N5O2. The number of aryl methyl sites for hydroxylation is 4. The van der Waals surface area contributed by atoms with Crippen molar-refractivity contribution >= 4 is 11.7 Å². The summed E-state index contributed by atoms with van der Waals surface area (Å²) in [6, 6.07) is 2.17. The second-order valence-corrected chi connectivity index (χ2v) is 6.51. The van der Waals surface area contributed by atoms with Gasteiger partial charge in [0.25, 0.3) is 5.91 Å². The van der Waals surface area contributed by atoms with Gasteiger partial charge in [-0.15, -0.1) is 5.10 Å². The van der Waals surface area contributed by atoms with Crippen LogP contribution in [0.4, 0.5) is 5.82 Å². The van der Waals surface area contributed by atoms with E-state index in [1.54, 1.807) is 13.8 Å². The first-order chi connectivity index (χ1) is 11.6. The van der Waals surface area contributed by atoms with Gasteiger partial charge in [0.1, 0.15) is 11.3 Å². The third-order valence-electron chi connectivity index (χ3n) is 4.94. The van der Waals surface area contributed by atoms with Gasteiger partial charge in [-0.3, -0.25) is 4.79 Å². The highest BCUT2D eigenvalue weighted by Crippen LogP contribution is 2.24. The molecule has 0 N–H and O–H groups in total. The lowest BCUT2D eigenvalue weighted by Crippen LogP contribution is -2.49. The number of fused-ring (bicyclic) bond motifs is 1. The maximum atomic E-state index is 12.7. The molecule has 1 amide bonds. The highest BCUT2D eigenvalue weighted by Gasteiger charge is 2.27. The van der Waals surface area contributed by atoms with E-state index >= 15 is 0 Å². The first kappa shape index (κ1) is 15.1. The molecule has 2 aromatic rings. The average molecular weight is 327 g/mol. The minimum atomic E-state index is 0.00550. The summed E-state index contributed by atoms with van der Waals surface area (Å²) < 4.78 is 5.11. The molecule has 24 heavy (non-hydrogen) atoms. The molecule has 0 spiro atoms. The number of piperazine rings is 1. The molecule has 2 aliphatic rings. The number of carbonyl (C=O) groups excluding carboxylic acids is 1. The van der Waals surface area contributed by atoms with E-state index in [9.17, 15) is 4.79 Å². The Kier molecular flexibility index (Phi) is 3.70. The molecule has 0 aromatic carbocycles. The zero-order chi connectivity index (χ0) is 16.7. The molecule has 0 radical (unpaired) electrons. The van der Waals surface area contributed by atoms with Crippen molar-refractivity contribution in [1.82, 2.24) is 20.3 Å². The lowest BCUT2D eigenvalue weighted by molar-refractivity contribution is 0.0744. The van der Waals surface area contributed by atoms with E-state index in [0.717, 1.165) is 37.4 Å². The molecule has 0 bridgehead atoms. The lowest BCUT2D eigenvalue weighted by atomic mass is 10.1. The fraction of sp³-hybridized carbons (Fsp3) is 0.529. The van der Waals surface area contributed by atoms with Crippen LogP contribution in [-0.2, 0) is 12.8 Å². The Morgan fingerprint density at radius 1 is 1.12 bits per heavy atom. The first-order valence-electron chi connectivity index (χ1n) is 8.46. The molecule has 7 nitrogen and oxygen atoms in total. The molecule has 7 heteroatoms. The van der Waals surface area contributed by atoms with Gasteiger partial charge in [-0.05, 0) is 44.7 Å². The molecule has 1 aliphatic carbocycles. The summed E-state index contributed by atoms with van der Waals surface area (Å²) in [4.78, 5) is 16.8. The van der Waals surface area contributed by atoms with E-state index in [0.29, 0.717) is 30.1 Å². The van der Waals surface area contributed by atoms with Crippen LogP contribution in [0.1, 0.15) is 39.5 Å². The van der Waals surface area contributed by atoms with Crippen molar-refractivity contribution < 1.29 is 9.32 Å². The molecule has 1 saturated heterocycles. The fourth-order valence-electron chi connectivity index (χ4n) is 3.56. The summed E-state index contributed by atoms with van der Waals surface area (Å²) in [7, 11) is 0. The molecule has 126 valence electrons. The van der Waals surface area contributed by atoms with Crippen LogP contribution in [-0.4, -0.2) is 52.3 Å². The SMILES string of the molecule is Cc1noc(C)c1C(=O)N1CCN(c2cc3c(nn2)CCC3)CC1. The van der Waals surface area contributed by atoms with Gasteiger partial charge in [-0.2, -0.15) is 5.10 Å². The van der Waals surface area contributed by atoms with Crippen LogP contribution in [0.2, 0.25) is 0 Å². The van der Waals surface area contributed by atoms with E-state index in [1.165, 1.54) is 12.0 Å². The molecule has 0 unspecified atom stereocenters. The molecule has 4 rings (SSSR count). The van der Waals surface area contributed by atoms with Crippen LogP contribution in [0.3, 0.4) is 0 Å². The number of carbonyl (C=O) groups is 1. The summed E-state index contributed by atoms with van der Waals surface area (Å²) in [6.45, 7) is 6.46. The van der Waals surface area contributed by atoms with Crippen LogP contribution in [0, 0.1) is 13.8 Å². The van der Waals surface area contributed by atoms with Gasteiger partial charge in [0, 0.05) is 26.2 Å². The predicted octanol–water partition coefficient (Wildman–Crippen LogP) is 1.53. The van der Waals surface area contributed by atoms with Crippen molar-refractivity contribution in [2.45, 2.75) is 33.1 Å². The van der Waals surface area contributed by atoms with Crippen LogP contribution in [0.15, 0.2) is 10.6 Å². The normalized spacial score (nSPS) is 17.2. The number of hydrogen-bond acceptors (Lipinski definition) is 6. The molecule has 2 aromatic heterocycles. The minimum absolute atomic E-state index is 0.00550. The van der Waals surface area contributed by atoms with Gasteiger partial charge in [0.15, 0.2) is 5.82 Å². The van der Waals surface area contributed by atoms with E-state index in [4.69, 9.17) is 4.52 Å². The van der Waals surface area contributed by atoms with Crippen molar-refractivity contribution in [2.75, 3.05) is 31.1 Å². The number of aromatic nitrogens is 3. The van der Waals surface area contributed by atoms with E-state index in [-0.39, 0.29) is 5.91 Å². The van der Waals surface area contributed by atoms with Crippen LogP contribution in [0.5, 0.6) is 0 Å². The number of amides is 1. The van der Waals surface area contributed by atoms with E-state index in [1.807, 2.05) is 4.90 Å². The zero-order valence-electron chi connectivity index (χ0n) is 14.1. The van der Waals surface area contributed by atoms with Crippen molar-refractivity contribution in [3.05, 3.63) is 34.3 Å². The lowest BCUT2D eigenvalue weighted by Gasteiger charge is -2.35. The molecule has 0 atom stereocenters. The van der Waals surface area contributed by atoms with Gasteiger partial charge in [-0.1, -0.05) is 5.16 Å². The van der Waals surface area contributed by atoms with Crippen LogP contribution in [0.25, 0.3) is 0 Å². The number of nitrogens with zero attached hydrogens (tertiary/aromatic N) is 5. The van der Waals surface area contributed by atoms with E-state index in [2.05, 4.69) is 26.3 Å². The Labute approximate surface area is 140 Å². The monoisotopic (exact) mass is 327 g/mol. The van der Waals surface area contributed by atoms with E-state index < -0.39 is 0 Å². The minimum Gasteiger partial charge on any atom is -0.361 e. The second-order valence-electron chi connectivity index (χ2n) is 6.51. The second kappa shape index (κ2) is 5.89. The standard InChI is InChI=1S/C17H21N5O2/c1-11-16(12(2)24-20-11)17(23)22-8-6-21(7-9-22)15-10-13-4-3-5-14(13)18-19-15/h10H,3-9H2,1-2H3. The first-order valence-corrected chi connectivity index (χ1v) is 8.46. The molecule has 1 aliphatic heterocycles. The molecule has 0 saturated carbocycles. The van der Waals surface area contributed by atoms with Gasteiger partial charge in [0.2, 0.25) is 0 Å². The largest absolute Gasteiger partial charge is 0.361 e. The number of anilines is 1. The van der Waals surface area contributed by atoms with Gasteiger partial charge >= 0.3 is 0 Å². The van der Waals surface area contributed by atoms with Crippen LogP contribution < -0.4 is 4.90 Å². The van der Waals surface area contributed by atoms with Crippen molar-refractivity contribution in [1.29, 1.82) is 0 Å². The number of hydrogen-bond donors (Lipinski definition) is 0. The molecule has 3 heterocycles. The summed E-state index contributed by atoms with van der Waals surface area (Å²) in [6.07, 6.45) is 3.32. The third kappa shape index (κ3) is 2.53. The quantitative estimate of drug-likeness (QED) is 0.833. The van der Waals surface area contributed by atoms with Crippen molar-refractivity contribution in [3.63, 3.8) is 0 Å². The Bertz CT molecular complexity index is 758. The van der Waals surface area contributed by atoms with Crippen molar-refractivity contribution in [2.24, 2.45) is 0 Å². The molecule has 1 fully saturated rings. The summed E-state index contributed by atoms with van der Waals surface area (Å²) in [5, 5.41) is 12.6. The Hall–Kier alpha value is -2.44. The third-order valence-corrected chi connectivity index (χ3v) is 4.94. The predicted molar refractivity (Wildman–Crippen MR) is 88.2 cm³/mol. The van der Waals surface area contributed by atoms with Gasteiger partial charge < -0.3 is 14.3 Å². The fourth-order valence-corrected chi connectivity index (χ4v) is 3.56. The highest BCUT2D eigenvalue weighted by atomic mass is 16.5. The van der Waals surface area contributed by atoms with Gasteiger partial charge in [-0.25, -0.2) is 0 Å². The maximum Gasteiger partial charge on any atom is 0.259 e. The molecular weight excluding hydrogens is 306 g/mol. The summed E-state index contributed by atoms with van der Waals surface area (Å²) in [5.74, 6) is 1.52. The van der Waals surface area contributed by atoms with Crippen molar-refractivity contribution in [3.8, 4) is 0 Å². The van der Waals surface area contributed by atoms with Gasteiger partial charge in [0.05, 0.1) is 11.4 Å².